The molecule has 3 rings (SSSR count). The van der Waals surface area contributed by atoms with Crippen LogP contribution in [0.25, 0.3) is 10.9 Å². The van der Waals surface area contributed by atoms with E-state index in [9.17, 15) is 4.79 Å². The van der Waals surface area contributed by atoms with Gasteiger partial charge in [-0.3, -0.25) is 0 Å². The van der Waals surface area contributed by atoms with Gasteiger partial charge in [0.15, 0.2) is 0 Å². The van der Waals surface area contributed by atoms with Gasteiger partial charge >= 0.3 is 6.03 Å². The molecule has 2 heterocycles. The van der Waals surface area contributed by atoms with Gasteiger partial charge in [-0.05, 0) is 30.4 Å². The highest BCUT2D eigenvalue weighted by atomic mass is 16.5. The number of carbonyl (C=O) groups excluding carboxylic acids is 1. The Morgan fingerprint density at radius 1 is 1.36 bits per heavy atom. The Bertz CT molecular complexity index is 599. The van der Waals surface area contributed by atoms with Crippen LogP contribution in [-0.4, -0.2) is 48.8 Å². The molecule has 1 fully saturated rings. The first-order valence-corrected chi connectivity index (χ1v) is 7.89. The van der Waals surface area contributed by atoms with E-state index in [1.165, 1.54) is 5.39 Å². The quantitative estimate of drug-likeness (QED) is 0.911. The molecule has 1 aliphatic heterocycles. The minimum absolute atomic E-state index is 0.00279. The third-order valence-electron chi connectivity index (χ3n) is 4.32. The average Bonchev–Trinajstić information content (AvgIpc) is 2.97. The fourth-order valence-electron chi connectivity index (χ4n) is 2.94. The fourth-order valence-corrected chi connectivity index (χ4v) is 2.94. The van der Waals surface area contributed by atoms with Crippen LogP contribution < -0.4 is 5.32 Å². The second-order valence-electron chi connectivity index (χ2n) is 5.82. The number of urea groups is 1. The van der Waals surface area contributed by atoms with Crippen molar-refractivity contribution in [3.8, 4) is 0 Å². The molecular weight excluding hydrogens is 278 g/mol. The Hall–Kier alpha value is -2.01. The second-order valence-corrected chi connectivity index (χ2v) is 5.82. The van der Waals surface area contributed by atoms with Crippen LogP contribution in [0.1, 0.15) is 18.5 Å². The van der Waals surface area contributed by atoms with Gasteiger partial charge in [0.05, 0.1) is 0 Å². The van der Waals surface area contributed by atoms with Crippen molar-refractivity contribution < 1.29 is 9.53 Å². The molecule has 0 bridgehead atoms. The van der Waals surface area contributed by atoms with Crippen LogP contribution in [0, 0.1) is 0 Å². The maximum Gasteiger partial charge on any atom is 0.317 e. The molecule has 1 saturated heterocycles. The molecule has 5 nitrogen and oxygen atoms in total. The molecule has 1 aliphatic rings. The number of benzene rings is 1. The summed E-state index contributed by atoms with van der Waals surface area (Å²) < 4.78 is 5.33. The minimum Gasteiger partial charge on any atom is -0.381 e. The van der Waals surface area contributed by atoms with Crippen LogP contribution in [0.15, 0.2) is 30.3 Å². The van der Waals surface area contributed by atoms with Crippen LogP contribution in [-0.2, 0) is 11.2 Å². The number of amides is 2. The number of para-hydroxylation sites is 1. The highest BCUT2D eigenvalue weighted by molar-refractivity contribution is 5.80. The molecule has 1 aromatic heterocycles. The normalized spacial score (nSPS) is 15.9. The highest BCUT2D eigenvalue weighted by Crippen LogP contribution is 2.15. The smallest absolute Gasteiger partial charge is 0.317 e. The Balaban J connectivity index is 1.48. The third kappa shape index (κ3) is 3.42. The number of ether oxygens (including phenoxy) is 1. The number of aromatic nitrogens is 1. The zero-order valence-corrected chi connectivity index (χ0v) is 13.0. The predicted octanol–water partition coefficient (Wildman–Crippen LogP) is 2.53. The van der Waals surface area contributed by atoms with E-state index >= 15 is 0 Å². The third-order valence-corrected chi connectivity index (χ3v) is 4.32. The summed E-state index contributed by atoms with van der Waals surface area (Å²) in [5.74, 6) is 0. The number of hydrogen-bond donors (Lipinski definition) is 2. The van der Waals surface area contributed by atoms with Crippen molar-refractivity contribution in [2.24, 2.45) is 0 Å². The lowest BCUT2D eigenvalue weighted by molar-refractivity contribution is 0.0526. The van der Waals surface area contributed by atoms with Crippen molar-refractivity contribution >= 4 is 16.9 Å². The number of hydrogen-bond acceptors (Lipinski definition) is 2. The predicted molar refractivity (Wildman–Crippen MR) is 87.0 cm³/mol. The molecule has 118 valence electrons. The molecule has 0 spiro atoms. The van der Waals surface area contributed by atoms with Gasteiger partial charge in [-0.15, -0.1) is 0 Å². The zero-order valence-electron chi connectivity index (χ0n) is 13.0. The lowest BCUT2D eigenvalue weighted by Gasteiger charge is -2.31. The highest BCUT2D eigenvalue weighted by Gasteiger charge is 2.21. The van der Waals surface area contributed by atoms with Crippen molar-refractivity contribution in [1.82, 2.24) is 15.2 Å². The summed E-state index contributed by atoms with van der Waals surface area (Å²) in [4.78, 5) is 17.4. The summed E-state index contributed by atoms with van der Waals surface area (Å²) in [5, 5.41) is 4.21. The molecule has 2 N–H and O–H groups in total. The van der Waals surface area contributed by atoms with Crippen molar-refractivity contribution in [3.63, 3.8) is 0 Å². The Labute approximate surface area is 130 Å². The first-order valence-electron chi connectivity index (χ1n) is 7.89. The molecule has 22 heavy (non-hydrogen) atoms. The minimum atomic E-state index is 0.00279. The van der Waals surface area contributed by atoms with Crippen molar-refractivity contribution in [1.29, 1.82) is 0 Å². The molecule has 0 aliphatic carbocycles. The van der Waals surface area contributed by atoms with E-state index in [0.29, 0.717) is 12.6 Å². The number of nitrogens with one attached hydrogen (secondary N) is 2. The number of aromatic amines is 1. The molecule has 2 aromatic rings. The van der Waals surface area contributed by atoms with Gasteiger partial charge in [-0.1, -0.05) is 18.2 Å². The van der Waals surface area contributed by atoms with E-state index < -0.39 is 0 Å². The second kappa shape index (κ2) is 6.83. The number of nitrogens with zero attached hydrogens (tertiary/aromatic N) is 1. The maximum atomic E-state index is 12.2. The van der Waals surface area contributed by atoms with Crippen LogP contribution in [0.4, 0.5) is 4.79 Å². The molecule has 2 amide bonds. The van der Waals surface area contributed by atoms with Crippen LogP contribution in [0.2, 0.25) is 0 Å². The Kier molecular flexibility index (Phi) is 4.63. The van der Waals surface area contributed by atoms with Gasteiger partial charge in [-0.2, -0.15) is 0 Å². The SMILES string of the molecule is CN(C(=O)NCCc1cc2ccccc2[nH]1)C1CCOCC1. The van der Waals surface area contributed by atoms with Crippen molar-refractivity contribution in [3.05, 3.63) is 36.0 Å². The largest absolute Gasteiger partial charge is 0.381 e. The van der Waals surface area contributed by atoms with E-state index in [2.05, 4.69) is 28.5 Å². The average molecular weight is 301 g/mol. The molecule has 0 atom stereocenters. The number of carbonyl (C=O) groups is 1. The van der Waals surface area contributed by atoms with Gasteiger partial charge < -0.3 is 19.9 Å². The zero-order chi connectivity index (χ0) is 15.4. The number of fused-ring (bicyclic) bond motifs is 1. The number of rotatable bonds is 4. The lowest BCUT2D eigenvalue weighted by Crippen LogP contribution is -2.46. The summed E-state index contributed by atoms with van der Waals surface area (Å²) in [6.07, 6.45) is 2.65. The Morgan fingerprint density at radius 2 is 2.14 bits per heavy atom. The van der Waals surface area contributed by atoms with E-state index in [1.54, 1.807) is 0 Å². The van der Waals surface area contributed by atoms with E-state index in [0.717, 1.165) is 43.7 Å². The van der Waals surface area contributed by atoms with E-state index in [1.807, 2.05) is 24.1 Å². The van der Waals surface area contributed by atoms with E-state index in [-0.39, 0.29) is 6.03 Å². The molecule has 0 saturated carbocycles. The lowest BCUT2D eigenvalue weighted by atomic mass is 10.1. The summed E-state index contributed by atoms with van der Waals surface area (Å²) in [6.45, 7) is 2.13. The van der Waals surface area contributed by atoms with Crippen LogP contribution in [0.5, 0.6) is 0 Å². The van der Waals surface area contributed by atoms with E-state index in [4.69, 9.17) is 4.74 Å². The first kappa shape index (κ1) is 14.9. The number of H-pyrrole nitrogens is 1. The van der Waals surface area contributed by atoms with Crippen LogP contribution >= 0.6 is 0 Å². The summed E-state index contributed by atoms with van der Waals surface area (Å²) in [6, 6.07) is 10.6. The molecule has 1 aromatic carbocycles. The summed E-state index contributed by atoms with van der Waals surface area (Å²) >= 11 is 0. The first-order chi connectivity index (χ1) is 10.7. The maximum absolute atomic E-state index is 12.2. The molecular formula is C17H23N3O2. The topological polar surface area (TPSA) is 57.4 Å². The summed E-state index contributed by atoms with van der Waals surface area (Å²) in [5.41, 5.74) is 2.29. The van der Waals surface area contributed by atoms with Crippen molar-refractivity contribution in [2.75, 3.05) is 26.8 Å². The monoisotopic (exact) mass is 301 g/mol. The standard InChI is InChI=1S/C17H23N3O2/c1-20(15-7-10-22-11-8-15)17(21)18-9-6-14-12-13-4-2-3-5-16(13)19-14/h2-5,12,15,19H,6-11H2,1H3,(H,18,21). The summed E-state index contributed by atoms with van der Waals surface area (Å²) in [7, 11) is 1.87. The van der Waals surface area contributed by atoms with Gasteiger partial charge in [0, 0.05) is 50.5 Å². The van der Waals surface area contributed by atoms with Gasteiger partial charge in [-0.25, -0.2) is 4.79 Å². The van der Waals surface area contributed by atoms with Gasteiger partial charge in [0.2, 0.25) is 0 Å². The Morgan fingerprint density at radius 3 is 2.91 bits per heavy atom. The molecule has 0 radical (unpaired) electrons. The van der Waals surface area contributed by atoms with Gasteiger partial charge in [0.1, 0.15) is 0 Å². The van der Waals surface area contributed by atoms with Gasteiger partial charge in [0.25, 0.3) is 0 Å². The molecule has 5 heteroatoms. The van der Waals surface area contributed by atoms with Crippen LogP contribution in [0.3, 0.4) is 0 Å². The molecule has 0 unspecified atom stereocenters. The fraction of sp³-hybridized carbons (Fsp3) is 0.471. The van der Waals surface area contributed by atoms with Crippen molar-refractivity contribution in [2.45, 2.75) is 25.3 Å².